The van der Waals surface area contributed by atoms with Gasteiger partial charge in [-0.25, -0.2) is 0 Å². The molecule has 0 aliphatic carbocycles. The Hall–Kier alpha value is -4.27. The fraction of sp³-hybridized carbons (Fsp3) is 0.410. The van der Waals surface area contributed by atoms with Crippen LogP contribution in [0.1, 0.15) is 55.2 Å². The van der Waals surface area contributed by atoms with Crippen LogP contribution in [0.3, 0.4) is 0 Å². The first kappa shape index (κ1) is 32.7. The zero-order chi connectivity index (χ0) is 32.8. The summed E-state index contributed by atoms with van der Waals surface area (Å²) >= 11 is 0. The second kappa shape index (κ2) is 14.7. The van der Waals surface area contributed by atoms with Gasteiger partial charge in [0.25, 0.3) is 0 Å². The number of nitrogens with zero attached hydrogens (tertiary/aromatic N) is 2. The van der Waals surface area contributed by atoms with Gasteiger partial charge in [-0.2, -0.15) is 0 Å². The van der Waals surface area contributed by atoms with Crippen molar-refractivity contribution in [2.75, 3.05) is 26.8 Å². The van der Waals surface area contributed by atoms with Crippen molar-refractivity contribution in [1.82, 2.24) is 9.80 Å². The number of fused-ring (bicyclic) bond motifs is 1. The molecule has 6 rings (SSSR count). The molecule has 4 atom stereocenters. The number of hydrogen-bond donors (Lipinski definition) is 0. The van der Waals surface area contributed by atoms with E-state index in [1.165, 1.54) is 12.7 Å². The molecule has 3 aromatic carbocycles. The molecule has 47 heavy (non-hydrogen) atoms. The molecule has 0 saturated carbocycles. The summed E-state index contributed by atoms with van der Waals surface area (Å²) in [5, 5.41) is 0. The van der Waals surface area contributed by atoms with E-state index in [4.69, 9.17) is 14.2 Å². The monoisotopic (exact) mass is 636 g/mol. The number of benzene rings is 3. The molecule has 0 N–H and O–H groups in total. The lowest BCUT2D eigenvalue weighted by molar-refractivity contribution is -0.178. The van der Waals surface area contributed by atoms with E-state index in [1.807, 2.05) is 84.6 Å². The lowest BCUT2D eigenvalue weighted by Gasteiger charge is -2.51. The number of likely N-dealkylation sites (tertiary alicyclic amines) is 2. The normalized spacial score (nSPS) is 24.8. The summed E-state index contributed by atoms with van der Waals surface area (Å²) in [6.07, 6.45) is 2.69. The van der Waals surface area contributed by atoms with Gasteiger partial charge in [0.15, 0.2) is 0 Å². The van der Waals surface area contributed by atoms with Gasteiger partial charge in [0.2, 0.25) is 11.8 Å². The maximum absolute atomic E-state index is 14.4. The van der Waals surface area contributed by atoms with Crippen molar-refractivity contribution in [3.8, 4) is 0 Å². The van der Waals surface area contributed by atoms with Crippen LogP contribution in [0.4, 0.5) is 0 Å². The third-order valence-electron chi connectivity index (χ3n) is 10.0. The fourth-order valence-corrected chi connectivity index (χ4v) is 7.47. The first-order chi connectivity index (χ1) is 22.9. The predicted molar refractivity (Wildman–Crippen MR) is 178 cm³/mol. The van der Waals surface area contributed by atoms with Crippen LogP contribution in [-0.4, -0.2) is 66.6 Å². The molecule has 3 aliphatic heterocycles. The van der Waals surface area contributed by atoms with E-state index >= 15 is 0 Å². The van der Waals surface area contributed by atoms with Gasteiger partial charge in [-0.05, 0) is 54.9 Å². The summed E-state index contributed by atoms with van der Waals surface area (Å²) < 4.78 is 17.9. The van der Waals surface area contributed by atoms with Crippen molar-refractivity contribution in [2.24, 2.45) is 11.3 Å². The molecule has 2 fully saturated rings. The van der Waals surface area contributed by atoms with E-state index in [-0.39, 0.29) is 37.8 Å². The number of rotatable bonds is 10. The minimum absolute atomic E-state index is 0.0302. The summed E-state index contributed by atoms with van der Waals surface area (Å²) in [5.74, 6) is -0.973. The Morgan fingerprint density at radius 3 is 2.15 bits per heavy atom. The van der Waals surface area contributed by atoms with Crippen LogP contribution in [0.25, 0.3) is 0 Å². The smallest absolute Gasteiger partial charge is 0.320 e. The maximum atomic E-state index is 14.4. The van der Waals surface area contributed by atoms with Crippen molar-refractivity contribution in [3.63, 3.8) is 0 Å². The highest BCUT2D eigenvalue weighted by Gasteiger charge is 2.59. The lowest BCUT2D eigenvalue weighted by atomic mass is 9.66. The molecule has 8 nitrogen and oxygen atoms in total. The molecule has 3 heterocycles. The van der Waals surface area contributed by atoms with Crippen molar-refractivity contribution in [3.05, 3.63) is 119 Å². The lowest BCUT2D eigenvalue weighted by Crippen LogP contribution is -2.60. The van der Waals surface area contributed by atoms with Crippen molar-refractivity contribution in [2.45, 2.75) is 63.9 Å². The van der Waals surface area contributed by atoms with E-state index < -0.39 is 29.5 Å². The second-order valence-electron chi connectivity index (χ2n) is 12.9. The van der Waals surface area contributed by atoms with Gasteiger partial charge in [0.05, 0.1) is 33.0 Å². The Morgan fingerprint density at radius 2 is 1.51 bits per heavy atom. The van der Waals surface area contributed by atoms with E-state index in [1.54, 1.807) is 4.90 Å². The average Bonchev–Trinajstić information content (AvgIpc) is 3.11. The van der Waals surface area contributed by atoms with Crippen LogP contribution in [-0.2, 0) is 41.7 Å². The molecule has 0 spiro atoms. The molecule has 2 amide bonds. The number of carbonyl (C=O) groups is 3. The largest absolute Gasteiger partial charge is 0.468 e. The van der Waals surface area contributed by atoms with Crippen LogP contribution >= 0.6 is 0 Å². The summed E-state index contributed by atoms with van der Waals surface area (Å²) in [5.41, 5.74) is 2.58. The molecule has 0 bridgehead atoms. The number of piperidine rings is 2. The van der Waals surface area contributed by atoms with E-state index in [2.05, 4.69) is 24.3 Å². The standard InChI is InChI=1S/C39H44N2O6/c1-28-39(38(44)45-2)24-33(22-36(42)40-20-18-32(19-21-40)31-16-10-5-11-17-31)37(43)41(25-29-12-6-3-7-13-29)35(39)23-34(47-28)27-46-26-30-14-8-4-9-15-30/h3-17,23,28,32-34H,18-22,24-27H2,1-2H3/t28-,33+,34-,39+/m1/s1. The minimum Gasteiger partial charge on any atom is -0.468 e. The van der Waals surface area contributed by atoms with Crippen LogP contribution in [0.2, 0.25) is 0 Å². The number of hydrogen-bond acceptors (Lipinski definition) is 6. The van der Waals surface area contributed by atoms with Crippen molar-refractivity contribution in [1.29, 1.82) is 0 Å². The van der Waals surface area contributed by atoms with E-state index in [0.29, 0.717) is 31.3 Å². The highest BCUT2D eigenvalue weighted by molar-refractivity contribution is 5.92. The Labute approximate surface area is 277 Å². The quantitative estimate of drug-likeness (QED) is 0.259. The first-order valence-electron chi connectivity index (χ1n) is 16.6. The van der Waals surface area contributed by atoms with Gasteiger partial charge in [0, 0.05) is 31.1 Å². The Balaban J connectivity index is 1.24. The summed E-state index contributed by atoms with van der Waals surface area (Å²) in [6, 6.07) is 30.0. The summed E-state index contributed by atoms with van der Waals surface area (Å²) in [7, 11) is 1.37. The Morgan fingerprint density at radius 1 is 0.894 bits per heavy atom. The molecule has 246 valence electrons. The highest BCUT2D eigenvalue weighted by Crippen LogP contribution is 2.51. The van der Waals surface area contributed by atoms with Gasteiger partial charge in [0.1, 0.15) is 11.5 Å². The Bertz CT molecular complexity index is 1550. The van der Waals surface area contributed by atoms with E-state index in [0.717, 1.165) is 24.0 Å². The molecule has 2 saturated heterocycles. The molecule has 0 unspecified atom stereocenters. The second-order valence-corrected chi connectivity index (χ2v) is 12.9. The summed E-state index contributed by atoms with van der Waals surface area (Å²) in [4.78, 5) is 45.6. The van der Waals surface area contributed by atoms with Gasteiger partial charge >= 0.3 is 5.97 Å². The van der Waals surface area contributed by atoms with Crippen LogP contribution in [0, 0.1) is 11.3 Å². The molecule has 3 aromatic rings. The number of ether oxygens (including phenoxy) is 3. The third-order valence-corrected chi connectivity index (χ3v) is 10.0. The molecule has 3 aliphatic rings. The van der Waals surface area contributed by atoms with Crippen LogP contribution in [0.5, 0.6) is 0 Å². The van der Waals surface area contributed by atoms with Crippen LogP contribution in [0.15, 0.2) is 103 Å². The van der Waals surface area contributed by atoms with Crippen molar-refractivity contribution >= 4 is 17.8 Å². The van der Waals surface area contributed by atoms with Gasteiger partial charge in [-0.1, -0.05) is 91.0 Å². The number of methoxy groups -OCH3 is 1. The van der Waals surface area contributed by atoms with Gasteiger partial charge in [-0.3, -0.25) is 14.4 Å². The minimum atomic E-state index is -1.25. The Kier molecular flexibility index (Phi) is 10.2. The number of esters is 1. The number of amides is 2. The van der Waals surface area contributed by atoms with E-state index in [9.17, 15) is 14.4 Å². The van der Waals surface area contributed by atoms with Gasteiger partial charge < -0.3 is 24.0 Å². The summed E-state index contributed by atoms with van der Waals surface area (Å²) in [6.45, 7) is 4.09. The highest BCUT2D eigenvalue weighted by atomic mass is 16.5. The number of carbonyl (C=O) groups excluding carboxylic acids is 3. The van der Waals surface area contributed by atoms with Crippen LogP contribution < -0.4 is 0 Å². The average molecular weight is 637 g/mol. The molecular formula is C39H44N2O6. The molecule has 0 radical (unpaired) electrons. The van der Waals surface area contributed by atoms with Crippen molar-refractivity contribution < 1.29 is 28.6 Å². The SMILES string of the molecule is COC(=O)[C@]12C[C@H](CC(=O)N3CCC(c4ccccc4)CC3)C(=O)N(Cc3ccccc3)C1=C[C@H](COCc1ccccc1)O[C@@H]2C. The predicted octanol–water partition coefficient (Wildman–Crippen LogP) is 5.88. The zero-order valence-corrected chi connectivity index (χ0v) is 27.3. The molecule has 0 aromatic heterocycles. The maximum Gasteiger partial charge on any atom is 0.320 e. The molecular weight excluding hydrogens is 592 g/mol. The first-order valence-corrected chi connectivity index (χ1v) is 16.6. The third kappa shape index (κ3) is 7.04. The zero-order valence-electron chi connectivity index (χ0n) is 27.3. The molecule has 8 heteroatoms. The fourth-order valence-electron chi connectivity index (χ4n) is 7.47. The topological polar surface area (TPSA) is 85.4 Å². The van der Waals surface area contributed by atoms with Gasteiger partial charge in [-0.15, -0.1) is 0 Å².